The molecule has 0 saturated heterocycles. The molecule has 0 fully saturated rings. The fraction of sp³-hybridized carbons (Fsp3) is 0.400. The van der Waals surface area contributed by atoms with Gasteiger partial charge in [0.2, 0.25) is 5.91 Å². The zero-order chi connectivity index (χ0) is 20.9. The molecular weight excluding hydrogens is 390 g/mol. The highest BCUT2D eigenvalue weighted by atomic mass is 32.2. The van der Waals surface area contributed by atoms with Gasteiger partial charge in [-0.2, -0.15) is 0 Å². The van der Waals surface area contributed by atoms with E-state index in [0.717, 1.165) is 16.7 Å². The quantitative estimate of drug-likeness (QED) is 0.606. The van der Waals surface area contributed by atoms with E-state index < -0.39 is 5.69 Å². The summed E-state index contributed by atoms with van der Waals surface area (Å²) < 4.78 is 4.22. The Kier molecular flexibility index (Phi) is 4.85. The van der Waals surface area contributed by atoms with Gasteiger partial charge in [-0.05, 0) is 31.9 Å². The van der Waals surface area contributed by atoms with E-state index in [1.165, 1.54) is 28.9 Å². The molecule has 3 aromatic rings. The summed E-state index contributed by atoms with van der Waals surface area (Å²) >= 11 is 1.30. The predicted molar refractivity (Wildman–Crippen MR) is 114 cm³/mol. The standard InChI is InChI=1S/C20H23N5O3S/c1-5-24-16-17(22(3)20(28)23(4)18(16)27)21-19(24)29-11-15(26)25-12(2)10-13-8-6-7-9-14(13)25/h6-9,12H,5,10-11H2,1-4H3. The molecule has 0 saturated carbocycles. The van der Waals surface area contributed by atoms with Crippen LogP contribution in [-0.2, 0) is 31.9 Å². The Bertz CT molecular complexity index is 1240. The molecule has 0 spiro atoms. The summed E-state index contributed by atoms with van der Waals surface area (Å²) in [6.07, 6.45) is 0.845. The predicted octanol–water partition coefficient (Wildman–Crippen LogP) is 1.52. The lowest BCUT2D eigenvalue weighted by Gasteiger charge is -2.22. The third kappa shape index (κ3) is 3.00. The van der Waals surface area contributed by atoms with Gasteiger partial charge >= 0.3 is 5.69 Å². The van der Waals surface area contributed by atoms with E-state index >= 15 is 0 Å². The van der Waals surface area contributed by atoms with Crippen molar-refractivity contribution in [1.29, 1.82) is 0 Å². The van der Waals surface area contributed by atoms with Crippen LogP contribution in [0.2, 0.25) is 0 Å². The molecule has 152 valence electrons. The zero-order valence-electron chi connectivity index (χ0n) is 16.9. The van der Waals surface area contributed by atoms with Crippen LogP contribution in [0.3, 0.4) is 0 Å². The fourth-order valence-corrected chi connectivity index (χ4v) is 4.89. The summed E-state index contributed by atoms with van der Waals surface area (Å²) in [5.41, 5.74) is 2.07. The lowest BCUT2D eigenvalue weighted by Crippen LogP contribution is -2.37. The monoisotopic (exact) mass is 413 g/mol. The Balaban J connectivity index is 1.66. The minimum absolute atomic E-state index is 0.00366. The third-order valence-corrected chi connectivity index (χ3v) is 6.39. The van der Waals surface area contributed by atoms with Gasteiger partial charge in [0.15, 0.2) is 16.3 Å². The molecule has 8 nitrogen and oxygen atoms in total. The Morgan fingerprint density at radius 2 is 1.93 bits per heavy atom. The van der Waals surface area contributed by atoms with E-state index in [-0.39, 0.29) is 23.3 Å². The summed E-state index contributed by atoms with van der Waals surface area (Å²) in [4.78, 5) is 44.2. The van der Waals surface area contributed by atoms with Gasteiger partial charge in [-0.1, -0.05) is 30.0 Å². The molecule has 4 rings (SSSR count). The van der Waals surface area contributed by atoms with Crippen LogP contribution in [-0.4, -0.2) is 36.4 Å². The number of hydrogen-bond donors (Lipinski definition) is 0. The zero-order valence-corrected chi connectivity index (χ0v) is 17.7. The van der Waals surface area contributed by atoms with Gasteiger partial charge in [0, 0.05) is 32.4 Å². The summed E-state index contributed by atoms with van der Waals surface area (Å²) in [5, 5.41) is 0.564. The lowest BCUT2D eigenvalue weighted by molar-refractivity contribution is -0.116. The van der Waals surface area contributed by atoms with Crippen molar-refractivity contribution >= 4 is 34.5 Å². The highest BCUT2D eigenvalue weighted by Crippen LogP contribution is 2.33. The van der Waals surface area contributed by atoms with Crippen LogP contribution in [0.1, 0.15) is 19.4 Å². The number of fused-ring (bicyclic) bond motifs is 2. The van der Waals surface area contributed by atoms with Crippen LogP contribution in [0.25, 0.3) is 11.2 Å². The van der Waals surface area contributed by atoms with Crippen molar-refractivity contribution in [3.63, 3.8) is 0 Å². The maximum Gasteiger partial charge on any atom is 0.332 e. The second-order valence-electron chi connectivity index (χ2n) is 7.25. The van der Waals surface area contributed by atoms with Crippen molar-refractivity contribution in [3.8, 4) is 0 Å². The summed E-state index contributed by atoms with van der Waals surface area (Å²) in [6.45, 7) is 4.48. The molecule has 2 aromatic heterocycles. The lowest BCUT2D eigenvalue weighted by atomic mass is 10.1. The van der Waals surface area contributed by atoms with Crippen LogP contribution >= 0.6 is 11.8 Å². The first-order valence-corrected chi connectivity index (χ1v) is 10.5. The number of rotatable bonds is 4. The molecule has 1 unspecified atom stereocenters. The smallest absolute Gasteiger partial charge is 0.313 e. The SMILES string of the molecule is CCn1c(SCC(=O)N2c3ccccc3CC2C)nc2c1c(=O)n(C)c(=O)n2C. The first-order chi connectivity index (χ1) is 13.8. The second kappa shape index (κ2) is 7.22. The number of nitrogens with zero attached hydrogens (tertiary/aromatic N) is 5. The topological polar surface area (TPSA) is 82.1 Å². The van der Waals surface area contributed by atoms with Crippen LogP contribution in [0.4, 0.5) is 5.69 Å². The number of benzene rings is 1. The largest absolute Gasteiger partial charge is 0.332 e. The van der Waals surface area contributed by atoms with Gasteiger partial charge in [-0.25, -0.2) is 9.78 Å². The average Bonchev–Trinajstić information content (AvgIpc) is 3.25. The van der Waals surface area contributed by atoms with E-state index in [1.807, 2.05) is 36.9 Å². The second-order valence-corrected chi connectivity index (χ2v) is 8.19. The first-order valence-electron chi connectivity index (χ1n) is 9.54. The van der Waals surface area contributed by atoms with Gasteiger partial charge in [0.1, 0.15) is 0 Å². The van der Waals surface area contributed by atoms with Crippen LogP contribution in [0.5, 0.6) is 0 Å². The van der Waals surface area contributed by atoms with E-state index in [2.05, 4.69) is 11.1 Å². The number of anilines is 1. The maximum absolute atomic E-state index is 13.0. The molecule has 1 aliphatic rings. The van der Waals surface area contributed by atoms with Gasteiger partial charge in [-0.15, -0.1) is 0 Å². The van der Waals surface area contributed by atoms with E-state index in [1.54, 1.807) is 11.6 Å². The molecule has 0 bridgehead atoms. The van der Waals surface area contributed by atoms with Gasteiger partial charge < -0.3 is 9.47 Å². The number of amides is 1. The first kappa shape index (κ1) is 19.5. The summed E-state index contributed by atoms with van der Waals surface area (Å²) in [5.74, 6) is 0.208. The van der Waals surface area contributed by atoms with Crippen molar-refractivity contribution in [3.05, 3.63) is 50.7 Å². The molecule has 1 atom stereocenters. The molecule has 1 aliphatic heterocycles. The molecular formula is C20H23N5O3S. The van der Waals surface area contributed by atoms with Crippen molar-refractivity contribution in [1.82, 2.24) is 18.7 Å². The number of hydrogen-bond acceptors (Lipinski definition) is 5. The van der Waals surface area contributed by atoms with Gasteiger partial charge in [0.05, 0.1) is 5.75 Å². The minimum Gasteiger partial charge on any atom is -0.313 e. The fourth-order valence-electron chi connectivity index (χ4n) is 3.97. The highest BCUT2D eigenvalue weighted by Gasteiger charge is 2.30. The number of carbonyl (C=O) groups excluding carboxylic acids is 1. The molecule has 3 heterocycles. The van der Waals surface area contributed by atoms with E-state index in [9.17, 15) is 14.4 Å². The van der Waals surface area contributed by atoms with Crippen LogP contribution in [0, 0.1) is 0 Å². The van der Waals surface area contributed by atoms with Gasteiger partial charge in [-0.3, -0.25) is 18.7 Å². The molecule has 0 radical (unpaired) electrons. The Morgan fingerprint density at radius 3 is 2.66 bits per heavy atom. The van der Waals surface area contributed by atoms with Crippen LogP contribution < -0.4 is 16.1 Å². The van der Waals surface area contributed by atoms with Crippen molar-refractivity contribution in [2.75, 3.05) is 10.7 Å². The van der Waals surface area contributed by atoms with Crippen LogP contribution in [0.15, 0.2) is 39.0 Å². The molecule has 1 amide bonds. The number of aromatic nitrogens is 4. The Labute approximate surface area is 171 Å². The molecule has 0 N–H and O–H groups in total. The normalized spacial score (nSPS) is 15.9. The Morgan fingerprint density at radius 1 is 1.21 bits per heavy atom. The summed E-state index contributed by atoms with van der Waals surface area (Å²) in [6, 6.07) is 8.07. The third-order valence-electron chi connectivity index (χ3n) is 5.43. The van der Waals surface area contributed by atoms with Crippen molar-refractivity contribution < 1.29 is 4.79 Å². The molecule has 29 heavy (non-hydrogen) atoms. The number of imidazole rings is 1. The molecule has 0 aliphatic carbocycles. The van der Waals surface area contributed by atoms with Crippen molar-refractivity contribution in [2.45, 2.75) is 38.0 Å². The number of thioether (sulfide) groups is 1. The minimum atomic E-state index is -0.418. The summed E-state index contributed by atoms with van der Waals surface area (Å²) in [7, 11) is 3.05. The number of carbonyl (C=O) groups is 1. The maximum atomic E-state index is 13.0. The Hall–Kier alpha value is -2.81. The molecule has 9 heteroatoms. The van der Waals surface area contributed by atoms with E-state index in [4.69, 9.17) is 0 Å². The van der Waals surface area contributed by atoms with Crippen molar-refractivity contribution in [2.24, 2.45) is 14.1 Å². The molecule has 1 aromatic carbocycles. The number of para-hydroxylation sites is 1. The van der Waals surface area contributed by atoms with Gasteiger partial charge in [0.25, 0.3) is 5.56 Å². The number of aryl methyl sites for hydroxylation is 2. The van der Waals surface area contributed by atoms with E-state index in [0.29, 0.717) is 22.9 Å². The highest BCUT2D eigenvalue weighted by molar-refractivity contribution is 7.99. The average molecular weight is 414 g/mol.